The van der Waals surface area contributed by atoms with Crippen molar-refractivity contribution in [2.24, 2.45) is 0 Å². The van der Waals surface area contributed by atoms with Crippen LogP contribution in [0.1, 0.15) is 50.3 Å². The van der Waals surface area contributed by atoms with Crippen LogP contribution >= 0.6 is 0 Å². The lowest BCUT2D eigenvalue weighted by molar-refractivity contribution is -0.123. The first-order valence-electron chi connectivity index (χ1n) is 11.7. The Hall–Kier alpha value is -3.12. The molecule has 1 saturated carbocycles. The highest BCUT2D eigenvalue weighted by Crippen LogP contribution is 2.46. The normalized spacial score (nSPS) is 18.9. The smallest absolute Gasteiger partial charge is 0.265 e. The van der Waals surface area contributed by atoms with Crippen LogP contribution in [0.2, 0.25) is 0 Å². The van der Waals surface area contributed by atoms with Crippen LogP contribution in [0.4, 0.5) is 5.69 Å². The van der Waals surface area contributed by atoms with Gasteiger partial charge in [-0.1, -0.05) is 81.4 Å². The van der Waals surface area contributed by atoms with Crippen molar-refractivity contribution < 1.29 is 13.2 Å². The third kappa shape index (κ3) is 3.90. The van der Waals surface area contributed by atoms with Gasteiger partial charge in [0, 0.05) is 6.42 Å². The molecule has 1 fully saturated rings. The minimum Gasteiger partial charge on any atom is -0.345 e. The molecule has 0 bridgehead atoms. The van der Waals surface area contributed by atoms with E-state index in [0.717, 1.165) is 29.5 Å². The van der Waals surface area contributed by atoms with Crippen LogP contribution in [-0.2, 0) is 32.2 Å². The predicted octanol–water partition coefficient (Wildman–Crippen LogP) is 4.91. The molecule has 1 heterocycles. The van der Waals surface area contributed by atoms with Crippen molar-refractivity contribution in [3.8, 4) is 0 Å². The second-order valence-electron chi connectivity index (χ2n) is 10.4. The van der Waals surface area contributed by atoms with Crippen molar-refractivity contribution in [3.63, 3.8) is 0 Å². The first-order valence-corrected chi connectivity index (χ1v) is 13.2. The number of anilines is 1. The number of rotatable bonds is 5. The zero-order chi connectivity index (χ0) is 24.1. The molecule has 1 atom stereocenters. The van der Waals surface area contributed by atoms with Crippen molar-refractivity contribution in [2.75, 3.05) is 4.31 Å². The summed E-state index contributed by atoms with van der Waals surface area (Å²) in [7, 11) is -3.94. The molecule has 176 valence electrons. The minimum absolute atomic E-state index is 0.0824. The molecule has 6 heteroatoms. The molecule has 3 aromatic rings. The topological polar surface area (TPSA) is 66.5 Å². The Morgan fingerprint density at radius 2 is 1.53 bits per heavy atom. The molecule has 1 amide bonds. The molecule has 34 heavy (non-hydrogen) atoms. The van der Waals surface area contributed by atoms with Gasteiger partial charge in [-0.25, -0.2) is 8.42 Å². The molecule has 0 aromatic heterocycles. The number of amides is 1. The minimum atomic E-state index is -3.94. The van der Waals surface area contributed by atoms with Gasteiger partial charge >= 0.3 is 0 Å². The fourth-order valence-corrected chi connectivity index (χ4v) is 6.43. The number of nitrogens with zero attached hydrogens (tertiary/aromatic N) is 1. The van der Waals surface area contributed by atoms with E-state index in [2.05, 4.69) is 26.1 Å². The standard InChI is InChI=1S/C28H30N2O3S/c1-27(2,3)21-13-15-23(16-14-21)34(32,33)30-24-12-8-7-9-20(24)19-25(30)26(31)29-28(17-18-28)22-10-5-4-6-11-22/h4-16,25H,17-19H2,1-3H3,(H,29,31)/t25-/m0/s1. The monoisotopic (exact) mass is 474 g/mol. The van der Waals surface area contributed by atoms with Crippen LogP contribution in [-0.4, -0.2) is 20.4 Å². The van der Waals surface area contributed by atoms with Crippen LogP contribution in [0, 0.1) is 0 Å². The zero-order valence-corrected chi connectivity index (χ0v) is 20.6. The van der Waals surface area contributed by atoms with Crippen LogP contribution in [0.5, 0.6) is 0 Å². The van der Waals surface area contributed by atoms with E-state index in [-0.39, 0.29) is 16.2 Å². The van der Waals surface area contributed by atoms with E-state index in [1.165, 1.54) is 4.31 Å². The molecule has 1 aliphatic carbocycles. The summed E-state index contributed by atoms with van der Waals surface area (Å²) in [6.07, 6.45) is 2.05. The molecule has 0 radical (unpaired) electrons. The number of sulfonamides is 1. The van der Waals surface area contributed by atoms with Crippen LogP contribution in [0.3, 0.4) is 0 Å². The maximum absolute atomic E-state index is 13.9. The van der Waals surface area contributed by atoms with Gasteiger partial charge in [-0.15, -0.1) is 0 Å². The van der Waals surface area contributed by atoms with Crippen LogP contribution in [0.25, 0.3) is 0 Å². The highest BCUT2D eigenvalue weighted by atomic mass is 32.2. The zero-order valence-electron chi connectivity index (χ0n) is 19.8. The second kappa shape index (κ2) is 7.98. The van der Waals surface area contributed by atoms with E-state index in [1.54, 1.807) is 18.2 Å². The maximum atomic E-state index is 13.9. The highest BCUT2D eigenvalue weighted by molar-refractivity contribution is 7.93. The van der Waals surface area contributed by atoms with Gasteiger partial charge in [0.2, 0.25) is 5.91 Å². The fraction of sp³-hybridized carbons (Fsp3) is 0.321. The number of carbonyl (C=O) groups excluding carboxylic acids is 1. The average Bonchev–Trinajstić information content (AvgIpc) is 3.49. The molecular formula is C28H30N2O3S. The average molecular weight is 475 g/mol. The molecule has 1 N–H and O–H groups in total. The summed E-state index contributed by atoms with van der Waals surface area (Å²) in [4.78, 5) is 13.8. The molecule has 0 unspecified atom stereocenters. The molecule has 5 rings (SSSR count). The first kappa shape index (κ1) is 22.7. The highest BCUT2D eigenvalue weighted by Gasteiger charge is 2.49. The number of hydrogen-bond acceptors (Lipinski definition) is 3. The van der Waals surface area contributed by atoms with E-state index < -0.39 is 21.6 Å². The van der Waals surface area contributed by atoms with E-state index in [0.29, 0.717) is 12.1 Å². The van der Waals surface area contributed by atoms with Gasteiger partial charge < -0.3 is 5.32 Å². The lowest BCUT2D eigenvalue weighted by Crippen LogP contribution is -2.50. The molecule has 3 aromatic carbocycles. The summed E-state index contributed by atoms with van der Waals surface area (Å²) in [5.41, 5.74) is 3.07. The van der Waals surface area contributed by atoms with Crippen molar-refractivity contribution >= 4 is 21.6 Å². The number of fused-ring (bicyclic) bond motifs is 1. The molecule has 2 aliphatic rings. The van der Waals surface area contributed by atoms with Gasteiger partial charge in [-0.3, -0.25) is 9.10 Å². The van der Waals surface area contributed by atoms with Crippen LogP contribution in [0.15, 0.2) is 83.8 Å². The largest absolute Gasteiger partial charge is 0.345 e. The van der Waals surface area contributed by atoms with Gasteiger partial charge in [0.15, 0.2) is 0 Å². The summed E-state index contributed by atoms with van der Waals surface area (Å²) in [5.74, 6) is -0.257. The SMILES string of the molecule is CC(C)(C)c1ccc(S(=O)(=O)N2c3ccccc3C[C@H]2C(=O)NC2(c3ccccc3)CC2)cc1. The van der Waals surface area contributed by atoms with E-state index in [1.807, 2.05) is 60.7 Å². The van der Waals surface area contributed by atoms with Gasteiger partial charge in [-0.05, 0) is 53.1 Å². The van der Waals surface area contributed by atoms with Crippen molar-refractivity contribution in [2.45, 2.75) is 61.9 Å². The third-order valence-electron chi connectivity index (χ3n) is 6.94. The first-order chi connectivity index (χ1) is 16.1. The summed E-state index contributed by atoms with van der Waals surface area (Å²) >= 11 is 0. The van der Waals surface area contributed by atoms with E-state index >= 15 is 0 Å². The molecular weight excluding hydrogens is 444 g/mol. The fourth-order valence-electron chi connectivity index (χ4n) is 4.78. The number of para-hydroxylation sites is 1. The van der Waals surface area contributed by atoms with Gasteiger partial charge in [0.25, 0.3) is 10.0 Å². The summed E-state index contributed by atoms with van der Waals surface area (Å²) in [6.45, 7) is 6.27. The predicted molar refractivity (Wildman–Crippen MR) is 134 cm³/mol. The van der Waals surface area contributed by atoms with Crippen molar-refractivity contribution in [3.05, 3.63) is 95.6 Å². The lowest BCUT2D eigenvalue weighted by atomic mass is 9.87. The molecule has 0 saturated heterocycles. The number of benzene rings is 3. The Morgan fingerprint density at radius 1 is 0.912 bits per heavy atom. The number of nitrogens with one attached hydrogen (secondary N) is 1. The van der Waals surface area contributed by atoms with Gasteiger partial charge in [0.05, 0.1) is 16.1 Å². The van der Waals surface area contributed by atoms with Crippen LogP contribution < -0.4 is 9.62 Å². The molecule has 0 spiro atoms. The van der Waals surface area contributed by atoms with Crippen molar-refractivity contribution in [1.29, 1.82) is 0 Å². The van der Waals surface area contributed by atoms with Crippen molar-refractivity contribution in [1.82, 2.24) is 5.32 Å². The van der Waals surface area contributed by atoms with E-state index in [4.69, 9.17) is 0 Å². The summed E-state index contributed by atoms with van der Waals surface area (Å²) in [5, 5.41) is 3.20. The number of carbonyl (C=O) groups is 1. The second-order valence-corrected chi connectivity index (χ2v) is 12.2. The Labute approximate surface area is 201 Å². The Kier molecular flexibility index (Phi) is 5.32. The van der Waals surface area contributed by atoms with Gasteiger partial charge in [-0.2, -0.15) is 0 Å². The third-order valence-corrected chi connectivity index (χ3v) is 8.78. The Morgan fingerprint density at radius 3 is 2.15 bits per heavy atom. The summed E-state index contributed by atoms with van der Waals surface area (Å²) in [6, 6.07) is 23.5. The van der Waals surface area contributed by atoms with E-state index in [9.17, 15) is 13.2 Å². The van der Waals surface area contributed by atoms with Gasteiger partial charge in [0.1, 0.15) is 6.04 Å². The number of hydrogen-bond donors (Lipinski definition) is 1. The quantitative estimate of drug-likeness (QED) is 0.571. The molecule has 5 nitrogen and oxygen atoms in total. The maximum Gasteiger partial charge on any atom is 0.265 e. The Bertz CT molecular complexity index is 1320. The lowest BCUT2D eigenvalue weighted by Gasteiger charge is -2.28. The Balaban J connectivity index is 1.49. The summed E-state index contributed by atoms with van der Waals surface area (Å²) < 4.78 is 29.1. The molecule has 1 aliphatic heterocycles.